The summed E-state index contributed by atoms with van der Waals surface area (Å²) in [5.74, 6) is 0.510. The fourth-order valence-corrected chi connectivity index (χ4v) is 2.11. The van der Waals surface area contributed by atoms with Gasteiger partial charge in [0.25, 0.3) is 0 Å². The van der Waals surface area contributed by atoms with Crippen molar-refractivity contribution in [3.05, 3.63) is 30.1 Å². The lowest BCUT2D eigenvalue weighted by atomic mass is 10.0. The minimum absolute atomic E-state index is 0.510. The van der Waals surface area contributed by atoms with Crippen molar-refractivity contribution in [2.45, 2.75) is 19.8 Å². The van der Waals surface area contributed by atoms with Gasteiger partial charge in [-0.05, 0) is 23.6 Å². The van der Waals surface area contributed by atoms with Crippen LogP contribution >= 0.6 is 0 Å². The number of nitrogens with one attached hydrogen (secondary N) is 2. The Labute approximate surface area is 87.5 Å². The quantitative estimate of drug-likeness (QED) is 0.621. The highest BCUT2D eigenvalue weighted by Crippen LogP contribution is 2.30. The number of hydrogen-bond donors (Lipinski definition) is 2. The molecule has 3 aromatic rings. The second kappa shape index (κ2) is 2.86. The van der Waals surface area contributed by atoms with E-state index in [4.69, 9.17) is 0 Å². The van der Waals surface area contributed by atoms with E-state index >= 15 is 0 Å². The lowest BCUT2D eigenvalue weighted by Crippen LogP contribution is -1.83. The lowest BCUT2D eigenvalue weighted by molar-refractivity contribution is 0.876. The van der Waals surface area contributed by atoms with Crippen LogP contribution in [0.2, 0.25) is 0 Å². The van der Waals surface area contributed by atoms with Crippen LogP contribution in [0.25, 0.3) is 21.8 Å². The van der Waals surface area contributed by atoms with E-state index in [9.17, 15) is 0 Å². The molecule has 0 saturated heterocycles. The first-order valence-corrected chi connectivity index (χ1v) is 5.20. The summed E-state index contributed by atoms with van der Waals surface area (Å²) in [6.45, 7) is 4.40. The van der Waals surface area contributed by atoms with Gasteiger partial charge in [-0.25, -0.2) is 0 Å². The average Bonchev–Trinajstić information content (AvgIpc) is 2.82. The molecule has 15 heavy (non-hydrogen) atoms. The van der Waals surface area contributed by atoms with Gasteiger partial charge in [-0.1, -0.05) is 13.8 Å². The molecule has 0 aliphatic rings. The molecule has 0 aliphatic carbocycles. The lowest BCUT2D eigenvalue weighted by Gasteiger charge is -2.02. The molecular weight excluding hydrogens is 186 g/mol. The molecule has 2 aromatic heterocycles. The van der Waals surface area contributed by atoms with Crippen LogP contribution in [0.5, 0.6) is 0 Å². The van der Waals surface area contributed by atoms with Gasteiger partial charge < -0.3 is 10.2 Å². The summed E-state index contributed by atoms with van der Waals surface area (Å²) in [6.07, 6.45) is 3.99. The van der Waals surface area contributed by atoms with Crippen molar-refractivity contribution in [2.75, 3.05) is 0 Å². The Bertz CT molecular complexity index is 616. The van der Waals surface area contributed by atoms with Crippen molar-refractivity contribution in [1.29, 1.82) is 0 Å². The molecule has 76 valence electrons. The summed E-state index contributed by atoms with van der Waals surface area (Å²) in [5.41, 5.74) is 3.54. The third kappa shape index (κ3) is 1.09. The van der Waals surface area contributed by atoms with Crippen LogP contribution in [0.15, 0.2) is 24.5 Å². The number of aromatic amines is 2. The van der Waals surface area contributed by atoms with Crippen molar-refractivity contribution in [2.24, 2.45) is 0 Å². The second-order valence-electron chi connectivity index (χ2n) is 4.20. The van der Waals surface area contributed by atoms with E-state index in [-0.39, 0.29) is 0 Å². The monoisotopic (exact) mass is 199 g/mol. The number of benzene rings is 1. The molecule has 0 bridgehead atoms. The molecular formula is C12H13N3. The summed E-state index contributed by atoms with van der Waals surface area (Å²) in [4.78, 5) is 4.44. The van der Waals surface area contributed by atoms with Gasteiger partial charge in [0.2, 0.25) is 0 Å². The highest BCUT2D eigenvalue weighted by atomic mass is 15.1. The summed E-state index contributed by atoms with van der Waals surface area (Å²) < 4.78 is 0. The number of fused-ring (bicyclic) bond motifs is 3. The molecule has 2 N–H and O–H groups in total. The molecule has 0 saturated carbocycles. The summed E-state index contributed by atoms with van der Waals surface area (Å²) in [6, 6.07) is 4.12. The first-order valence-electron chi connectivity index (χ1n) is 5.20. The van der Waals surface area contributed by atoms with Crippen molar-refractivity contribution >= 4 is 21.8 Å². The van der Waals surface area contributed by atoms with E-state index in [1.54, 1.807) is 0 Å². The largest absolute Gasteiger partial charge is 0.307 e. The fourth-order valence-electron chi connectivity index (χ4n) is 2.11. The zero-order chi connectivity index (χ0) is 10.4. The smallest absolute Gasteiger partial charge is 0.0713 e. The standard InChI is InChI=1S/C12H13N3/c1-7(2)8-5-13-11-4-3-10-9(12(8)11)6-14-15-10/h3-7,14-15H,1-2H3. The molecule has 0 radical (unpaired) electrons. The van der Waals surface area contributed by atoms with Gasteiger partial charge in [0.15, 0.2) is 0 Å². The van der Waals surface area contributed by atoms with Crippen LogP contribution in [0.4, 0.5) is 0 Å². The first-order chi connectivity index (χ1) is 7.27. The highest BCUT2D eigenvalue weighted by molar-refractivity contribution is 6.06. The predicted molar refractivity (Wildman–Crippen MR) is 62.0 cm³/mol. The second-order valence-corrected chi connectivity index (χ2v) is 4.20. The van der Waals surface area contributed by atoms with E-state index in [2.05, 4.69) is 41.2 Å². The molecule has 0 spiro atoms. The Kier molecular flexibility index (Phi) is 1.63. The van der Waals surface area contributed by atoms with Crippen molar-refractivity contribution < 1.29 is 0 Å². The van der Waals surface area contributed by atoms with Crippen molar-refractivity contribution in [3.8, 4) is 0 Å². The van der Waals surface area contributed by atoms with Crippen molar-refractivity contribution in [3.63, 3.8) is 0 Å². The topological polar surface area (TPSA) is 44.5 Å². The first kappa shape index (κ1) is 8.53. The van der Waals surface area contributed by atoms with Gasteiger partial charge in [-0.2, -0.15) is 0 Å². The molecule has 1 aromatic carbocycles. The van der Waals surface area contributed by atoms with Crippen LogP contribution in [0.1, 0.15) is 25.3 Å². The minimum atomic E-state index is 0.510. The summed E-state index contributed by atoms with van der Waals surface area (Å²) in [5, 5.41) is 8.66. The van der Waals surface area contributed by atoms with Crippen molar-refractivity contribution in [1.82, 2.24) is 15.2 Å². The van der Waals surface area contributed by atoms with E-state index in [0.29, 0.717) is 5.92 Å². The number of hydrogen-bond acceptors (Lipinski definition) is 1. The van der Waals surface area contributed by atoms with Gasteiger partial charge in [-0.15, -0.1) is 0 Å². The maximum Gasteiger partial charge on any atom is 0.0713 e. The highest BCUT2D eigenvalue weighted by Gasteiger charge is 2.11. The number of rotatable bonds is 1. The molecule has 0 amide bonds. The van der Waals surface area contributed by atoms with Gasteiger partial charge in [0, 0.05) is 23.2 Å². The van der Waals surface area contributed by atoms with E-state index in [0.717, 1.165) is 11.0 Å². The Hall–Kier alpha value is -1.77. The SMILES string of the molecule is CC(C)c1cnc2ccc3[nH][nH]cc3c12. The normalized spacial score (nSPS) is 11.9. The zero-order valence-corrected chi connectivity index (χ0v) is 8.83. The van der Waals surface area contributed by atoms with Gasteiger partial charge in [-0.3, -0.25) is 4.98 Å². The molecule has 0 aliphatic heterocycles. The molecule has 0 fully saturated rings. The molecule has 0 atom stereocenters. The summed E-state index contributed by atoms with van der Waals surface area (Å²) >= 11 is 0. The van der Waals surface area contributed by atoms with Crippen LogP contribution in [-0.4, -0.2) is 15.2 Å². The number of nitrogens with zero attached hydrogens (tertiary/aromatic N) is 1. The third-order valence-electron chi connectivity index (χ3n) is 2.90. The van der Waals surface area contributed by atoms with Crippen LogP contribution < -0.4 is 0 Å². The van der Waals surface area contributed by atoms with Gasteiger partial charge >= 0.3 is 0 Å². The van der Waals surface area contributed by atoms with Crippen LogP contribution in [-0.2, 0) is 0 Å². The summed E-state index contributed by atoms with van der Waals surface area (Å²) in [7, 11) is 0. The van der Waals surface area contributed by atoms with E-state index in [1.165, 1.54) is 16.3 Å². The predicted octanol–water partition coefficient (Wildman–Crippen LogP) is 3.17. The minimum Gasteiger partial charge on any atom is -0.307 e. The Morgan fingerprint density at radius 3 is 2.93 bits per heavy atom. The zero-order valence-electron chi connectivity index (χ0n) is 8.83. The maximum atomic E-state index is 4.44. The average molecular weight is 199 g/mol. The van der Waals surface area contributed by atoms with E-state index in [1.807, 2.05) is 12.4 Å². The molecule has 3 nitrogen and oxygen atoms in total. The van der Waals surface area contributed by atoms with Crippen LogP contribution in [0.3, 0.4) is 0 Å². The molecule has 3 rings (SSSR count). The number of aromatic nitrogens is 3. The van der Waals surface area contributed by atoms with E-state index < -0.39 is 0 Å². The molecule has 0 unspecified atom stereocenters. The third-order valence-corrected chi connectivity index (χ3v) is 2.90. The Balaban J connectivity index is 2.52. The Morgan fingerprint density at radius 1 is 1.27 bits per heavy atom. The number of H-pyrrole nitrogens is 2. The van der Waals surface area contributed by atoms with Gasteiger partial charge in [0.1, 0.15) is 0 Å². The molecule has 2 heterocycles. The van der Waals surface area contributed by atoms with Gasteiger partial charge in [0.05, 0.1) is 11.0 Å². The van der Waals surface area contributed by atoms with Crippen LogP contribution in [0, 0.1) is 0 Å². The fraction of sp³-hybridized carbons (Fsp3) is 0.250. The Morgan fingerprint density at radius 2 is 2.13 bits per heavy atom. The molecule has 3 heteroatoms. The maximum absolute atomic E-state index is 4.44.